The molecule has 0 atom stereocenters. The topological polar surface area (TPSA) is 50.7 Å². The van der Waals surface area contributed by atoms with Crippen molar-refractivity contribution in [2.24, 2.45) is 0 Å². The van der Waals surface area contributed by atoms with E-state index in [0.29, 0.717) is 5.95 Å². The number of rotatable bonds is 7. The second kappa shape index (κ2) is 7.87. The first-order valence-corrected chi connectivity index (χ1v) is 6.38. The van der Waals surface area contributed by atoms with Crippen molar-refractivity contribution in [3.8, 4) is 0 Å². The van der Waals surface area contributed by atoms with E-state index in [4.69, 9.17) is 34.8 Å². The lowest BCUT2D eigenvalue weighted by atomic mass is 10.2. The van der Waals surface area contributed by atoms with Crippen molar-refractivity contribution in [3.05, 3.63) is 10.6 Å². The van der Waals surface area contributed by atoms with Crippen LogP contribution in [0.3, 0.4) is 0 Å². The second-order valence-corrected chi connectivity index (χ2v) is 4.28. The van der Waals surface area contributed by atoms with Gasteiger partial charge in [0.15, 0.2) is 0 Å². The molecule has 0 radical (unpaired) electrons. The molecule has 1 heterocycles. The molecule has 1 aromatic heterocycles. The second-order valence-electron chi connectivity index (χ2n) is 3.23. The monoisotopic (exact) mass is 282 g/mol. The predicted octanol–water partition coefficient (Wildman–Crippen LogP) is 3.39. The molecule has 0 saturated carbocycles. The number of nitrogens with zero attached hydrogens (tertiary/aromatic N) is 3. The van der Waals surface area contributed by atoms with Gasteiger partial charge in [-0.15, -0.1) is 11.6 Å². The summed E-state index contributed by atoms with van der Waals surface area (Å²) in [5.41, 5.74) is 0. The van der Waals surface area contributed by atoms with E-state index in [1.807, 2.05) is 0 Å². The first-order valence-electron chi connectivity index (χ1n) is 5.09. The molecular formula is C9H13Cl3N4. The molecular weight excluding hydrogens is 270 g/mol. The number of halogens is 3. The zero-order valence-electron chi connectivity index (χ0n) is 8.72. The molecule has 1 rings (SSSR count). The lowest BCUT2D eigenvalue weighted by Crippen LogP contribution is -2.06. The summed E-state index contributed by atoms with van der Waals surface area (Å²) >= 11 is 16.8. The highest BCUT2D eigenvalue weighted by molar-refractivity contribution is 6.31. The third kappa shape index (κ3) is 5.68. The lowest BCUT2D eigenvalue weighted by Gasteiger charge is -2.04. The molecule has 0 aliphatic rings. The van der Waals surface area contributed by atoms with E-state index >= 15 is 0 Å². The van der Waals surface area contributed by atoms with Gasteiger partial charge in [-0.2, -0.15) is 15.0 Å². The molecule has 0 aromatic carbocycles. The smallest absolute Gasteiger partial charge is 0.228 e. The maximum absolute atomic E-state index is 5.63. The van der Waals surface area contributed by atoms with E-state index < -0.39 is 0 Å². The van der Waals surface area contributed by atoms with Gasteiger partial charge in [0, 0.05) is 12.4 Å². The van der Waals surface area contributed by atoms with Gasteiger partial charge >= 0.3 is 0 Å². The van der Waals surface area contributed by atoms with Crippen LogP contribution in [-0.2, 0) is 0 Å². The normalized spacial score (nSPS) is 10.4. The Morgan fingerprint density at radius 1 is 0.875 bits per heavy atom. The van der Waals surface area contributed by atoms with Gasteiger partial charge in [0.05, 0.1) is 0 Å². The summed E-state index contributed by atoms with van der Waals surface area (Å²) in [7, 11) is 0. The zero-order chi connectivity index (χ0) is 11.8. The summed E-state index contributed by atoms with van der Waals surface area (Å²) in [6.07, 6.45) is 4.37. The van der Waals surface area contributed by atoms with Crippen LogP contribution in [-0.4, -0.2) is 27.4 Å². The number of hydrogen-bond acceptors (Lipinski definition) is 4. The van der Waals surface area contributed by atoms with Gasteiger partial charge in [-0.3, -0.25) is 0 Å². The number of hydrogen-bond donors (Lipinski definition) is 1. The highest BCUT2D eigenvalue weighted by atomic mass is 35.5. The Bertz CT molecular complexity index is 301. The van der Waals surface area contributed by atoms with Crippen LogP contribution < -0.4 is 5.32 Å². The molecule has 0 bridgehead atoms. The fourth-order valence-corrected chi connectivity index (χ4v) is 1.73. The third-order valence-corrected chi connectivity index (χ3v) is 2.53. The molecule has 0 unspecified atom stereocenters. The molecule has 1 N–H and O–H groups in total. The van der Waals surface area contributed by atoms with E-state index in [1.54, 1.807) is 0 Å². The predicted molar refractivity (Wildman–Crippen MR) is 67.5 cm³/mol. The largest absolute Gasteiger partial charge is 0.354 e. The number of aromatic nitrogens is 3. The van der Waals surface area contributed by atoms with Gasteiger partial charge in [0.25, 0.3) is 0 Å². The SMILES string of the molecule is ClCCCCCCNc1nc(Cl)nc(Cl)n1. The fourth-order valence-electron chi connectivity index (χ4n) is 1.18. The van der Waals surface area contributed by atoms with Gasteiger partial charge in [0.1, 0.15) is 0 Å². The summed E-state index contributed by atoms with van der Waals surface area (Å²) < 4.78 is 0. The Labute approximate surface area is 110 Å². The molecule has 7 heteroatoms. The molecule has 0 aliphatic carbocycles. The highest BCUT2D eigenvalue weighted by Crippen LogP contribution is 2.09. The molecule has 4 nitrogen and oxygen atoms in total. The van der Waals surface area contributed by atoms with Crippen LogP contribution in [0.5, 0.6) is 0 Å². The van der Waals surface area contributed by atoms with Gasteiger partial charge in [-0.25, -0.2) is 0 Å². The standard InChI is InChI=1S/C9H13Cl3N4/c10-5-3-1-2-4-6-13-9-15-7(11)14-8(12)16-9/h1-6H2,(H,13,14,15,16). The molecule has 16 heavy (non-hydrogen) atoms. The van der Waals surface area contributed by atoms with Crippen LogP contribution >= 0.6 is 34.8 Å². The summed E-state index contributed by atoms with van der Waals surface area (Å²) in [6, 6.07) is 0. The molecule has 0 saturated heterocycles. The first-order chi connectivity index (χ1) is 7.72. The molecule has 0 aliphatic heterocycles. The van der Waals surface area contributed by atoms with Crippen molar-refractivity contribution in [1.82, 2.24) is 15.0 Å². The maximum Gasteiger partial charge on any atom is 0.228 e. The average Bonchev–Trinajstić information content (AvgIpc) is 2.22. The van der Waals surface area contributed by atoms with E-state index in [1.165, 1.54) is 0 Å². The molecule has 0 spiro atoms. The van der Waals surface area contributed by atoms with Gasteiger partial charge in [-0.1, -0.05) is 12.8 Å². The average molecular weight is 284 g/mol. The van der Waals surface area contributed by atoms with Gasteiger partial charge in [-0.05, 0) is 36.0 Å². The molecule has 0 amide bonds. The third-order valence-electron chi connectivity index (χ3n) is 1.92. The number of anilines is 1. The van der Waals surface area contributed by atoms with E-state index in [2.05, 4.69) is 20.3 Å². The summed E-state index contributed by atoms with van der Waals surface area (Å²) in [5, 5.41) is 3.24. The van der Waals surface area contributed by atoms with Crippen LogP contribution in [0, 0.1) is 0 Å². The summed E-state index contributed by atoms with van der Waals surface area (Å²) in [5.74, 6) is 1.15. The van der Waals surface area contributed by atoms with E-state index in [0.717, 1.165) is 38.1 Å². The van der Waals surface area contributed by atoms with Crippen LogP contribution in [0.4, 0.5) is 5.95 Å². The minimum atomic E-state index is 0.102. The Kier molecular flexibility index (Phi) is 6.76. The minimum Gasteiger partial charge on any atom is -0.354 e. The van der Waals surface area contributed by atoms with Gasteiger partial charge in [0.2, 0.25) is 16.5 Å². The van der Waals surface area contributed by atoms with Crippen molar-refractivity contribution in [2.75, 3.05) is 17.7 Å². The van der Waals surface area contributed by atoms with Gasteiger partial charge < -0.3 is 5.32 Å². The summed E-state index contributed by atoms with van der Waals surface area (Å²) in [4.78, 5) is 11.4. The van der Waals surface area contributed by atoms with Crippen molar-refractivity contribution < 1.29 is 0 Å². The van der Waals surface area contributed by atoms with Crippen molar-refractivity contribution in [1.29, 1.82) is 0 Å². The molecule has 1 aromatic rings. The first kappa shape index (κ1) is 13.7. The Hall–Kier alpha value is -0.320. The van der Waals surface area contributed by atoms with Crippen molar-refractivity contribution in [3.63, 3.8) is 0 Å². The minimum absolute atomic E-state index is 0.102. The maximum atomic E-state index is 5.63. The number of alkyl halides is 1. The highest BCUT2D eigenvalue weighted by Gasteiger charge is 2.01. The van der Waals surface area contributed by atoms with Crippen LogP contribution in [0.15, 0.2) is 0 Å². The fraction of sp³-hybridized carbons (Fsp3) is 0.667. The van der Waals surface area contributed by atoms with E-state index in [-0.39, 0.29) is 10.6 Å². The molecule has 90 valence electrons. The van der Waals surface area contributed by atoms with Crippen LogP contribution in [0.2, 0.25) is 10.6 Å². The molecule has 0 fully saturated rings. The summed E-state index contributed by atoms with van der Waals surface area (Å²) in [6.45, 7) is 0.791. The van der Waals surface area contributed by atoms with Crippen LogP contribution in [0.25, 0.3) is 0 Å². The number of nitrogens with one attached hydrogen (secondary N) is 1. The quantitative estimate of drug-likeness (QED) is 0.615. The zero-order valence-corrected chi connectivity index (χ0v) is 11.0. The van der Waals surface area contributed by atoms with Crippen LogP contribution in [0.1, 0.15) is 25.7 Å². The van der Waals surface area contributed by atoms with Crippen molar-refractivity contribution in [2.45, 2.75) is 25.7 Å². The Balaban J connectivity index is 2.21. The van der Waals surface area contributed by atoms with Crippen molar-refractivity contribution >= 4 is 40.8 Å². The Morgan fingerprint density at radius 2 is 1.50 bits per heavy atom. The Morgan fingerprint density at radius 3 is 2.12 bits per heavy atom. The lowest BCUT2D eigenvalue weighted by molar-refractivity contribution is 0.685. The number of unbranched alkanes of at least 4 members (excludes halogenated alkanes) is 3. The van der Waals surface area contributed by atoms with E-state index in [9.17, 15) is 0 Å².